The van der Waals surface area contributed by atoms with Crippen molar-refractivity contribution < 1.29 is 10.2 Å². The van der Waals surface area contributed by atoms with Crippen LogP contribution in [0.4, 0.5) is 0 Å². The molecule has 6 heteroatoms. The van der Waals surface area contributed by atoms with Crippen LogP contribution in [0, 0.1) is 0 Å². The largest absolute Gasteiger partial charge is 0.395 e. The molecule has 0 radical (unpaired) electrons. The minimum Gasteiger partial charge on any atom is -0.395 e. The summed E-state index contributed by atoms with van der Waals surface area (Å²) in [5.41, 5.74) is 2.09. The van der Waals surface area contributed by atoms with Gasteiger partial charge in [0.15, 0.2) is 0 Å². The molecule has 0 aliphatic rings. The topological polar surface area (TPSA) is 89.2 Å². The zero-order valence-electron chi connectivity index (χ0n) is 12.9. The Hall–Kier alpha value is -1.60. The summed E-state index contributed by atoms with van der Waals surface area (Å²) in [5, 5.41) is 23.4. The Balaban J connectivity index is 2.32. The van der Waals surface area contributed by atoms with Gasteiger partial charge in [-0.2, -0.15) is 0 Å². The second-order valence-electron chi connectivity index (χ2n) is 4.69. The van der Waals surface area contributed by atoms with E-state index in [1.165, 1.54) is 0 Å². The van der Waals surface area contributed by atoms with Crippen LogP contribution in [-0.4, -0.2) is 75.1 Å². The molecule has 0 saturated heterocycles. The van der Waals surface area contributed by atoms with Gasteiger partial charge in [0.2, 0.25) is 0 Å². The summed E-state index contributed by atoms with van der Waals surface area (Å²) < 4.78 is 0. The monoisotopic (exact) mass is 306 g/mol. The molecule has 0 aromatic heterocycles. The molecule has 122 valence electrons. The van der Waals surface area contributed by atoms with Crippen LogP contribution in [0.2, 0.25) is 0 Å². The number of aliphatic hydroxyl groups is 2. The lowest BCUT2D eigenvalue weighted by Crippen LogP contribution is -2.21. The molecule has 22 heavy (non-hydrogen) atoms. The minimum atomic E-state index is 0.153. The fourth-order valence-corrected chi connectivity index (χ4v) is 1.75. The smallest absolute Gasteiger partial charge is 0.0555 e. The summed E-state index contributed by atoms with van der Waals surface area (Å²) in [6.07, 6.45) is 3.70. The molecule has 0 bridgehead atoms. The second-order valence-corrected chi connectivity index (χ2v) is 4.69. The highest BCUT2D eigenvalue weighted by Gasteiger charge is 1.91. The van der Waals surface area contributed by atoms with E-state index in [0.717, 1.165) is 24.2 Å². The van der Waals surface area contributed by atoms with E-state index >= 15 is 0 Å². The predicted octanol–water partition coefficient (Wildman–Crippen LogP) is -0.312. The number of hydrogen-bond donors (Lipinski definition) is 4. The molecule has 0 aliphatic heterocycles. The van der Waals surface area contributed by atoms with E-state index in [2.05, 4.69) is 20.6 Å². The number of hydrogen-bond acceptors (Lipinski definition) is 6. The van der Waals surface area contributed by atoms with Gasteiger partial charge in [0.05, 0.1) is 26.3 Å². The molecule has 1 aromatic rings. The normalized spacial score (nSPS) is 11.7. The lowest BCUT2D eigenvalue weighted by atomic mass is 10.1. The molecule has 1 aromatic carbocycles. The van der Waals surface area contributed by atoms with Crippen LogP contribution in [0.3, 0.4) is 0 Å². The van der Waals surface area contributed by atoms with Gasteiger partial charge in [-0.1, -0.05) is 18.2 Å². The first kappa shape index (κ1) is 18.4. The molecular formula is C16H26N4O2. The molecule has 0 aliphatic carbocycles. The summed E-state index contributed by atoms with van der Waals surface area (Å²) >= 11 is 0. The number of aliphatic hydroxyl groups excluding tert-OH is 2. The quantitative estimate of drug-likeness (QED) is 0.315. The van der Waals surface area contributed by atoms with Gasteiger partial charge in [-0.05, 0) is 17.2 Å². The fraction of sp³-hybridized carbons (Fsp3) is 0.500. The Bertz CT molecular complexity index is 412. The number of nitrogens with zero attached hydrogens (tertiary/aromatic N) is 2. The van der Waals surface area contributed by atoms with Crippen molar-refractivity contribution >= 4 is 12.4 Å². The van der Waals surface area contributed by atoms with Crippen LogP contribution in [0.25, 0.3) is 0 Å². The third-order valence-electron chi connectivity index (χ3n) is 2.80. The van der Waals surface area contributed by atoms with Crippen molar-refractivity contribution in [3.63, 3.8) is 0 Å². The Morgan fingerprint density at radius 1 is 0.818 bits per heavy atom. The van der Waals surface area contributed by atoms with Crippen LogP contribution in [0.15, 0.2) is 34.3 Å². The maximum absolute atomic E-state index is 8.63. The van der Waals surface area contributed by atoms with Gasteiger partial charge in [-0.3, -0.25) is 9.98 Å². The van der Waals surface area contributed by atoms with E-state index < -0.39 is 0 Å². The highest BCUT2D eigenvalue weighted by atomic mass is 16.3. The zero-order chi connectivity index (χ0) is 15.9. The molecule has 4 N–H and O–H groups in total. The van der Waals surface area contributed by atoms with Gasteiger partial charge in [-0.25, -0.2) is 0 Å². The molecule has 1 rings (SSSR count). The lowest BCUT2D eigenvalue weighted by molar-refractivity contribution is 0.293. The average Bonchev–Trinajstić information content (AvgIpc) is 2.54. The summed E-state index contributed by atoms with van der Waals surface area (Å²) in [6.45, 7) is 4.42. The molecule has 0 atom stereocenters. The molecule has 0 heterocycles. The summed E-state index contributed by atoms with van der Waals surface area (Å²) in [6, 6.07) is 8.03. The Morgan fingerprint density at radius 2 is 1.32 bits per heavy atom. The molecule has 0 saturated carbocycles. The molecule has 6 nitrogen and oxygen atoms in total. The summed E-state index contributed by atoms with van der Waals surface area (Å²) in [5.74, 6) is 0. The third-order valence-corrected chi connectivity index (χ3v) is 2.80. The number of aliphatic imine (C=N–C) groups is 2. The maximum atomic E-state index is 8.63. The fourth-order valence-electron chi connectivity index (χ4n) is 1.75. The van der Waals surface area contributed by atoms with Crippen LogP contribution in [-0.2, 0) is 0 Å². The highest BCUT2D eigenvalue weighted by Crippen LogP contribution is 2.01. The van der Waals surface area contributed by atoms with Crippen LogP contribution >= 0.6 is 0 Å². The van der Waals surface area contributed by atoms with Crippen LogP contribution in [0.1, 0.15) is 11.1 Å². The molecule has 0 unspecified atom stereocenters. The van der Waals surface area contributed by atoms with Crippen LogP contribution in [0.5, 0.6) is 0 Å². The predicted molar refractivity (Wildman–Crippen MR) is 91.3 cm³/mol. The number of benzene rings is 1. The number of nitrogens with one attached hydrogen (secondary N) is 2. The first-order valence-electron chi connectivity index (χ1n) is 7.59. The lowest BCUT2D eigenvalue weighted by Gasteiger charge is -2.00. The van der Waals surface area contributed by atoms with E-state index in [1.54, 1.807) is 0 Å². The summed E-state index contributed by atoms with van der Waals surface area (Å²) in [7, 11) is 0. The van der Waals surface area contributed by atoms with Crippen molar-refractivity contribution in [2.24, 2.45) is 9.98 Å². The average molecular weight is 306 g/mol. The second kappa shape index (κ2) is 13.1. The van der Waals surface area contributed by atoms with Gasteiger partial charge in [0.1, 0.15) is 0 Å². The van der Waals surface area contributed by atoms with Gasteiger partial charge >= 0.3 is 0 Å². The molecule has 0 fully saturated rings. The zero-order valence-corrected chi connectivity index (χ0v) is 12.9. The van der Waals surface area contributed by atoms with Crippen molar-refractivity contribution in [2.45, 2.75) is 0 Å². The van der Waals surface area contributed by atoms with Gasteiger partial charge in [-0.15, -0.1) is 0 Å². The van der Waals surface area contributed by atoms with E-state index in [9.17, 15) is 0 Å². The van der Waals surface area contributed by atoms with Gasteiger partial charge < -0.3 is 20.8 Å². The minimum absolute atomic E-state index is 0.153. The standard InChI is InChI=1S/C16H26N4O2/c21-10-8-17-4-6-19-13-15-2-1-3-16(12-15)14-20-7-5-18-9-11-22/h1-3,12-14,17-18,21-22H,4-11H2. The van der Waals surface area contributed by atoms with Crippen molar-refractivity contribution in [1.82, 2.24) is 10.6 Å². The summed E-state index contributed by atoms with van der Waals surface area (Å²) in [4.78, 5) is 8.67. The molecular weight excluding hydrogens is 280 g/mol. The SMILES string of the molecule is OCCNCCN=Cc1cccc(C=NCCNCCO)c1. The van der Waals surface area contributed by atoms with Crippen molar-refractivity contribution in [2.75, 3.05) is 52.5 Å². The van der Waals surface area contributed by atoms with Crippen LogP contribution < -0.4 is 10.6 Å². The van der Waals surface area contributed by atoms with E-state index in [1.807, 2.05) is 36.7 Å². The number of rotatable bonds is 12. The third kappa shape index (κ3) is 9.36. The van der Waals surface area contributed by atoms with Crippen molar-refractivity contribution in [3.05, 3.63) is 35.4 Å². The van der Waals surface area contributed by atoms with E-state index in [-0.39, 0.29) is 13.2 Å². The first-order valence-corrected chi connectivity index (χ1v) is 7.59. The van der Waals surface area contributed by atoms with Crippen molar-refractivity contribution in [1.29, 1.82) is 0 Å². The van der Waals surface area contributed by atoms with Gasteiger partial charge in [0, 0.05) is 38.6 Å². The molecule has 0 spiro atoms. The van der Waals surface area contributed by atoms with Gasteiger partial charge in [0.25, 0.3) is 0 Å². The highest BCUT2D eigenvalue weighted by molar-refractivity contribution is 5.86. The van der Waals surface area contributed by atoms with Crippen molar-refractivity contribution in [3.8, 4) is 0 Å². The first-order chi connectivity index (χ1) is 10.9. The van der Waals surface area contributed by atoms with E-state index in [0.29, 0.717) is 26.2 Å². The Morgan fingerprint density at radius 3 is 1.77 bits per heavy atom. The van der Waals surface area contributed by atoms with E-state index in [4.69, 9.17) is 10.2 Å². The Kier molecular flexibility index (Phi) is 11.0. The maximum Gasteiger partial charge on any atom is 0.0555 e. The Labute approximate surface area is 132 Å². The molecule has 0 amide bonds.